The van der Waals surface area contributed by atoms with Crippen LogP contribution in [0.15, 0.2) is 211 Å². The fourth-order valence-corrected chi connectivity index (χ4v) is 11.6. The van der Waals surface area contributed by atoms with Gasteiger partial charge in [-0.15, -0.1) is 11.3 Å². The number of rotatable bonds is 6. The second-order valence-electron chi connectivity index (χ2n) is 17.3. The number of amidine groups is 1. The van der Waals surface area contributed by atoms with Crippen LogP contribution in [0.4, 0.5) is 0 Å². The summed E-state index contributed by atoms with van der Waals surface area (Å²) in [5.74, 6) is 0.231. The summed E-state index contributed by atoms with van der Waals surface area (Å²) in [4.78, 5) is 5.05. The molecule has 0 aliphatic heterocycles. The number of hydrogen-bond donors (Lipinski definition) is 1. The zero-order chi connectivity index (χ0) is 42.9. The highest BCUT2D eigenvalue weighted by atomic mass is 32.1. The van der Waals surface area contributed by atoms with Gasteiger partial charge in [0.15, 0.2) is 5.84 Å². The maximum absolute atomic E-state index is 9.11. The van der Waals surface area contributed by atoms with Crippen molar-refractivity contribution < 1.29 is 0 Å². The molecule has 302 valence electrons. The van der Waals surface area contributed by atoms with E-state index in [1.54, 1.807) is 11.3 Å². The maximum atomic E-state index is 9.11. The van der Waals surface area contributed by atoms with Crippen molar-refractivity contribution in [2.45, 2.75) is 19.3 Å². The van der Waals surface area contributed by atoms with Crippen LogP contribution in [0.3, 0.4) is 0 Å². The van der Waals surface area contributed by atoms with Gasteiger partial charge in [0, 0.05) is 36.7 Å². The number of benzene rings is 10. The zero-order valence-corrected chi connectivity index (χ0v) is 36.4. The van der Waals surface area contributed by atoms with Gasteiger partial charge in [-0.1, -0.05) is 208 Å². The van der Waals surface area contributed by atoms with E-state index in [0.717, 1.165) is 27.8 Å². The summed E-state index contributed by atoms with van der Waals surface area (Å²) in [5, 5.41) is 18.9. The van der Waals surface area contributed by atoms with Gasteiger partial charge in [0.25, 0.3) is 0 Å². The Labute approximate surface area is 376 Å². The Morgan fingerprint density at radius 3 is 1.83 bits per heavy atom. The molecule has 11 aromatic rings. The van der Waals surface area contributed by atoms with E-state index in [1.807, 2.05) is 30.3 Å². The second kappa shape index (κ2) is 15.0. The van der Waals surface area contributed by atoms with E-state index in [0.29, 0.717) is 0 Å². The van der Waals surface area contributed by atoms with Crippen molar-refractivity contribution in [3.05, 3.63) is 234 Å². The number of allylic oxidation sites excluding steroid dienone is 1. The zero-order valence-electron chi connectivity index (χ0n) is 35.6. The predicted octanol–water partition coefficient (Wildman–Crippen LogP) is 16.7. The first kappa shape index (κ1) is 38.0. The number of nitrogens with zero attached hydrogens (tertiary/aromatic N) is 1. The molecule has 0 unspecified atom stereocenters. The van der Waals surface area contributed by atoms with Gasteiger partial charge in [0.1, 0.15) is 0 Å². The lowest BCUT2D eigenvalue weighted by molar-refractivity contribution is 0.662. The highest BCUT2D eigenvalue weighted by Gasteiger charge is 2.38. The van der Waals surface area contributed by atoms with Crippen LogP contribution in [0.25, 0.3) is 91.9 Å². The van der Waals surface area contributed by atoms with E-state index in [9.17, 15) is 0 Å². The summed E-state index contributed by atoms with van der Waals surface area (Å²) in [6.07, 6.45) is 4.28. The molecule has 12 rings (SSSR count). The van der Waals surface area contributed by atoms with E-state index in [4.69, 9.17) is 10.4 Å². The van der Waals surface area contributed by atoms with Gasteiger partial charge in [-0.05, 0) is 101 Å². The van der Waals surface area contributed by atoms with E-state index >= 15 is 0 Å². The van der Waals surface area contributed by atoms with Crippen molar-refractivity contribution in [3.8, 4) is 33.4 Å². The smallest absolute Gasteiger partial charge is 0.152 e. The van der Waals surface area contributed by atoms with Crippen LogP contribution in [0.2, 0.25) is 0 Å². The van der Waals surface area contributed by atoms with Crippen LogP contribution in [-0.4, -0.2) is 11.5 Å². The standard InChI is InChI=1S/C61H42N2S/c1-61(2)53-36-31-38-16-6-7-20-42(38)57(53)52-27-14-25-49(59(52)61)48-35-34-47(44-22-10-11-23-45(44)48)46-33-30-39(41-19-8-9-21-43(41)46)32-37-54(63-60(62)40-17-4-3-5-18-40)50-26-15-29-56-58(50)51-24-12-13-28-55(51)64-56/h3-37,62H,1-2H3/b37-32+,62-60?,63-54?. The molecule has 0 atom stereocenters. The Kier molecular flexibility index (Phi) is 8.89. The molecule has 10 aromatic carbocycles. The Bertz CT molecular complexity index is 3770. The van der Waals surface area contributed by atoms with Gasteiger partial charge in [-0.3, -0.25) is 5.41 Å². The fraction of sp³-hybridized carbons (Fsp3) is 0.0492. The number of aliphatic imine (C=N–C) groups is 1. The third-order valence-electron chi connectivity index (χ3n) is 13.4. The van der Waals surface area contributed by atoms with Crippen LogP contribution in [0.5, 0.6) is 0 Å². The normalized spacial score (nSPS) is 13.4. The molecule has 1 aromatic heterocycles. The highest BCUT2D eigenvalue weighted by Crippen LogP contribution is 2.55. The van der Waals surface area contributed by atoms with Crippen molar-refractivity contribution >= 4 is 81.4 Å². The summed E-state index contributed by atoms with van der Waals surface area (Å²) in [7, 11) is 0. The lowest BCUT2D eigenvalue weighted by atomic mass is 9.78. The van der Waals surface area contributed by atoms with Gasteiger partial charge in [-0.2, -0.15) is 0 Å². The second-order valence-corrected chi connectivity index (χ2v) is 18.4. The third kappa shape index (κ3) is 6.00. The average molecular weight is 835 g/mol. The molecule has 0 fully saturated rings. The molecule has 0 saturated heterocycles. The average Bonchev–Trinajstić information content (AvgIpc) is 3.85. The molecule has 1 heterocycles. The molecule has 0 saturated carbocycles. The lowest BCUT2D eigenvalue weighted by Gasteiger charge is -2.25. The SMILES string of the molecule is CC1(C)c2ccc3ccccc3c2-c2cccc(-c3ccc(-c4ccc(/C=C/C(=NC(=N)c5ccccc5)c5cccc6sc7ccccc7c56)c5ccccc45)c4ccccc34)c21. The molecule has 3 heteroatoms. The van der Waals surface area contributed by atoms with Gasteiger partial charge < -0.3 is 0 Å². The van der Waals surface area contributed by atoms with Gasteiger partial charge in [-0.25, -0.2) is 4.99 Å². The minimum absolute atomic E-state index is 0.166. The molecule has 0 radical (unpaired) electrons. The van der Waals surface area contributed by atoms with E-state index in [2.05, 4.69) is 196 Å². The molecule has 0 spiro atoms. The topological polar surface area (TPSA) is 36.2 Å². The van der Waals surface area contributed by atoms with Crippen LogP contribution in [-0.2, 0) is 5.41 Å². The molecule has 1 aliphatic rings. The van der Waals surface area contributed by atoms with E-state index < -0.39 is 0 Å². The molecule has 2 nitrogen and oxygen atoms in total. The van der Waals surface area contributed by atoms with Gasteiger partial charge >= 0.3 is 0 Å². The molecular weight excluding hydrogens is 793 g/mol. The number of hydrogen-bond acceptors (Lipinski definition) is 2. The van der Waals surface area contributed by atoms with Gasteiger partial charge in [0.2, 0.25) is 0 Å². The van der Waals surface area contributed by atoms with Gasteiger partial charge in [0.05, 0.1) is 5.71 Å². The summed E-state index contributed by atoms with van der Waals surface area (Å²) < 4.78 is 2.45. The van der Waals surface area contributed by atoms with Crippen molar-refractivity contribution in [2.75, 3.05) is 0 Å². The first-order chi connectivity index (χ1) is 31.4. The Morgan fingerprint density at radius 2 is 1.06 bits per heavy atom. The van der Waals surface area contributed by atoms with Crippen molar-refractivity contribution in [1.82, 2.24) is 0 Å². The fourth-order valence-electron chi connectivity index (χ4n) is 10.5. The Hall–Kier alpha value is -7.72. The van der Waals surface area contributed by atoms with Crippen molar-refractivity contribution in [3.63, 3.8) is 0 Å². The monoisotopic (exact) mass is 834 g/mol. The molecule has 0 bridgehead atoms. The quantitative estimate of drug-likeness (QED) is 0.128. The van der Waals surface area contributed by atoms with Crippen LogP contribution in [0, 0.1) is 5.41 Å². The minimum Gasteiger partial charge on any atom is -0.282 e. The number of thiophene rings is 1. The largest absolute Gasteiger partial charge is 0.282 e. The first-order valence-electron chi connectivity index (χ1n) is 22.0. The molecule has 0 amide bonds. The number of fused-ring (bicyclic) bond motifs is 10. The molecular formula is C61H42N2S. The van der Waals surface area contributed by atoms with Crippen molar-refractivity contribution in [1.29, 1.82) is 5.41 Å². The number of nitrogens with one attached hydrogen (secondary N) is 1. The first-order valence-corrected chi connectivity index (χ1v) is 22.8. The van der Waals surface area contributed by atoms with Crippen LogP contribution in [0.1, 0.15) is 41.7 Å². The molecule has 1 N–H and O–H groups in total. The third-order valence-corrected chi connectivity index (χ3v) is 14.5. The predicted molar refractivity (Wildman–Crippen MR) is 276 cm³/mol. The summed E-state index contributed by atoms with van der Waals surface area (Å²) in [6, 6.07) is 72.0. The summed E-state index contributed by atoms with van der Waals surface area (Å²) in [6.45, 7) is 4.78. The van der Waals surface area contributed by atoms with Crippen molar-refractivity contribution in [2.24, 2.45) is 4.99 Å². The van der Waals surface area contributed by atoms with E-state index in [-0.39, 0.29) is 11.3 Å². The van der Waals surface area contributed by atoms with Crippen LogP contribution < -0.4 is 0 Å². The summed E-state index contributed by atoms with van der Waals surface area (Å²) >= 11 is 1.79. The molecule has 64 heavy (non-hydrogen) atoms. The van der Waals surface area contributed by atoms with E-state index in [1.165, 1.54) is 91.6 Å². The Morgan fingerprint density at radius 1 is 0.484 bits per heavy atom. The maximum Gasteiger partial charge on any atom is 0.152 e. The highest BCUT2D eigenvalue weighted by molar-refractivity contribution is 7.25. The van der Waals surface area contributed by atoms with Crippen LogP contribution >= 0.6 is 11.3 Å². The molecule has 1 aliphatic carbocycles. The minimum atomic E-state index is -0.166. The summed E-state index contributed by atoms with van der Waals surface area (Å²) in [5.41, 5.74) is 13.9. The lowest BCUT2D eigenvalue weighted by Crippen LogP contribution is -2.16. The Balaban J connectivity index is 0.986.